The number of nitrogens with one attached hydrogen (secondary N) is 1. The van der Waals surface area contributed by atoms with Crippen LogP contribution >= 0.6 is 12.0 Å². The molecule has 0 aliphatic rings. The molecule has 0 radical (unpaired) electrons. The fourth-order valence-electron chi connectivity index (χ4n) is 3.38. The Morgan fingerprint density at radius 1 is 0.729 bits per heavy atom. The van der Waals surface area contributed by atoms with Gasteiger partial charge in [0.25, 0.3) is 0 Å². The summed E-state index contributed by atoms with van der Waals surface area (Å²) in [5.41, 5.74) is 10.3. The molecular weight excluding hydrogens is 737 g/mol. The molecule has 5 N–H and O–H groups in total. The predicted octanol–water partition coefficient (Wildman–Crippen LogP) is -5.46. The van der Waals surface area contributed by atoms with Gasteiger partial charge in [-0.3, -0.25) is 5.04 Å². The van der Waals surface area contributed by atoms with Crippen LogP contribution in [0.25, 0.3) is 0 Å². The number of nitrogens with two attached hydrogens (primary N) is 2. The summed E-state index contributed by atoms with van der Waals surface area (Å²) in [6, 6.07) is 9.04. The fourth-order valence-corrected chi connectivity index (χ4v) is 4.95. The summed E-state index contributed by atoms with van der Waals surface area (Å²) < 4.78 is 101. The van der Waals surface area contributed by atoms with E-state index in [1.165, 1.54) is 0 Å². The molecule has 4 rings (SSSR count). The molecule has 26 heteroatoms. The van der Waals surface area contributed by atoms with E-state index in [0.717, 1.165) is 54.6 Å². The van der Waals surface area contributed by atoms with Crippen LogP contribution in [-0.4, -0.2) is 35.9 Å². The van der Waals surface area contributed by atoms with E-state index < -0.39 is 53.4 Å². The molecule has 0 saturated carbocycles. The third-order valence-electron chi connectivity index (χ3n) is 5.23. The first-order valence-electron chi connectivity index (χ1n) is 11.5. The number of azo groups is 2. The van der Waals surface area contributed by atoms with E-state index in [1.54, 1.807) is 0 Å². The molecule has 1 heterocycles. The van der Waals surface area contributed by atoms with Gasteiger partial charge in [-0.2, -0.15) is 23.1 Å². The van der Waals surface area contributed by atoms with Gasteiger partial charge >= 0.3 is 94.8 Å². The van der Waals surface area contributed by atoms with Crippen molar-refractivity contribution in [3.05, 3.63) is 66.6 Å². The van der Waals surface area contributed by atoms with Gasteiger partial charge < -0.3 is 31.1 Å². The zero-order chi connectivity index (χ0) is 32.9. The van der Waals surface area contributed by atoms with Crippen molar-refractivity contribution in [2.24, 2.45) is 20.5 Å². The molecular formula is C22H14F2N9Na3O9S3. The van der Waals surface area contributed by atoms with Crippen molar-refractivity contribution in [2.45, 2.75) is 14.7 Å². The first-order valence-corrected chi connectivity index (χ1v) is 15.0. The molecule has 48 heavy (non-hydrogen) atoms. The Kier molecular flexibility index (Phi) is 17.5. The van der Waals surface area contributed by atoms with E-state index in [2.05, 4.69) is 45.1 Å². The molecule has 0 atom stereocenters. The van der Waals surface area contributed by atoms with Gasteiger partial charge in [-0.15, -0.1) is 20.5 Å². The fraction of sp³-hybridized carbons (Fsp3) is 0. The molecule has 0 bridgehead atoms. The molecule has 0 spiro atoms. The van der Waals surface area contributed by atoms with Crippen molar-refractivity contribution in [1.82, 2.24) is 9.97 Å². The molecule has 236 valence electrons. The van der Waals surface area contributed by atoms with Gasteiger partial charge in [0.05, 0.1) is 33.2 Å². The van der Waals surface area contributed by atoms with Crippen LogP contribution in [0.3, 0.4) is 0 Å². The molecule has 0 aliphatic heterocycles. The van der Waals surface area contributed by atoms with Crippen molar-refractivity contribution >= 4 is 77.9 Å². The summed E-state index contributed by atoms with van der Waals surface area (Å²) in [7, 11) is -10.1. The molecule has 0 unspecified atom stereocenters. The second-order valence-electron chi connectivity index (χ2n) is 8.28. The van der Waals surface area contributed by atoms with E-state index >= 15 is 0 Å². The number of nitrogens with zero attached hydrogens (tertiary/aromatic N) is 6. The minimum Gasteiger partial charge on any atom is -0.744 e. The Balaban J connectivity index is 0.00000384. The van der Waals surface area contributed by atoms with Crippen molar-refractivity contribution < 1.29 is 138 Å². The summed E-state index contributed by atoms with van der Waals surface area (Å²) in [6.07, 6.45) is -1.39. The van der Waals surface area contributed by atoms with E-state index in [4.69, 9.17) is 11.5 Å². The Bertz CT molecular complexity index is 2050. The van der Waals surface area contributed by atoms with Gasteiger partial charge in [0.2, 0.25) is 5.95 Å². The van der Waals surface area contributed by atoms with Gasteiger partial charge in [0, 0.05) is 16.6 Å². The van der Waals surface area contributed by atoms with Crippen LogP contribution in [0.2, 0.25) is 0 Å². The SMILES string of the molecule is Nc1cc(N)c(N=Nc2cc(SOO[O-])ccc2S(=O)(=O)[O-])cc1N=Nc1cc(Nc2cc(F)nc(F)n2)ccc1S(=O)(=O)[O-].[Na+].[Na+].[Na+]. The molecule has 0 aliphatic carbocycles. The van der Waals surface area contributed by atoms with Crippen LogP contribution in [0.1, 0.15) is 0 Å². The Morgan fingerprint density at radius 2 is 1.25 bits per heavy atom. The summed E-state index contributed by atoms with van der Waals surface area (Å²) >= 11 is 0.382. The molecule has 0 fully saturated rings. The number of halogens is 2. The topological polar surface area (TPSA) is 295 Å². The Labute approximate surface area is 340 Å². The summed E-state index contributed by atoms with van der Waals surface area (Å²) in [5.74, 6) is -1.54. The zero-order valence-electron chi connectivity index (χ0n) is 24.7. The van der Waals surface area contributed by atoms with Gasteiger partial charge in [-0.05, 0) is 48.5 Å². The first-order chi connectivity index (χ1) is 21.1. The largest absolute Gasteiger partial charge is 1.00 e. The van der Waals surface area contributed by atoms with Gasteiger partial charge in [0.1, 0.15) is 48.8 Å². The Hall–Kier alpha value is -1.75. The predicted molar refractivity (Wildman–Crippen MR) is 146 cm³/mol. The quantitative estimate of drug-likeness (QED) is 0.0148. The number of hydrogen-bond donors (Lipinski definition) is 3. The molecule has 1 aromatic heterocycles. The smallest absolute Gasteiger partial charge is 0.744 e. The molecule has 0 saturated heterocycles. The number of aromatic nitrogens is 2. The average Bonchev–Trinajstić information content (AvgIpc) is 2.93. The van der Waals surface area contributed by atoms with Crippen LogP contribution in [0, 0.1) is 12.0 Å². The van der Waals surface area contributed by atoms with Crippen molar-refractivity contribution in [1.29, 1.82) is 0 Å². The summed E-state index contributed by atoms with van der Waals surface area (Å²) in [5, 5.41) is 31.0. The zero-order valence-corrected chi connectivity index (χ0v) is 33.1. The van der Waals surface area contributed by atoms with Crippen LogP contribution in [0.4, 0.5) is 54.4 Å². The third kappa shape index (κ3) is 12.2. The maximum Gasteiger partial charge on any atom is 1.00 e. The first kappa shape index (κ1) is 44.3. The van der Waals surface area contributed by atoms with E-state index in [0.29, 0.717) is 12.0 Å². The number of nitrogen functional groups attached to an aromatic ring is 2. The van der Waals surface area contributed by atoms with Crippen molar-refractivity contribution in [3.8, 4) is 0 Å². The van der Waals surface area contributed by atoms with E-state index in [9.17, 15) is 40.0 Å². The standard InChI is InChI=1S/C22H17F2N9O9S3.3Na/c23-20-9-21(29-22(24)28-20)27-10-1-3-18(44(35,36)37)16(5-10)32-30-14-8-15(13(26)7-12(14)25)31-33-17-6-11(43-42-41-34)2-4-19(17)45(38,39)40;;;/h1-9,34H,25-26H2,(H,27,28,29)(H,35,36,37)(H,38,39,40);;;/q;3*+1/p-3. The average molecular weight is 752 g/mol. The number of hydrogen-bond acceptors (Lipinski definition) is 19. The van der Waals surface area contributed by atoms with Crippen LogP contribution in [-0.2, 0) is 29.6 Å². The maximum atomic E-state index is 13.4. The minimum atomic E-state index is -5.10. The van der Waals surface area contributed by atoms with Gasteiger partial charge in [-0.1, -0.05) is 0 Å². The normalized spacial score (nSPS) is 11.5. The van der Waals surface area contributed by atoms with Gasteiger partial charge in [0.15, 0.2) is 0 Å². The molecule has 0 amide bonds. The monoisotopic (exact) mass is 751 g/mol. The Morgan fingerprint density at radius 3 is 1.77 bits per heavy atom. The van der Waals surface area contributed by atoms with Gasteiger partial charge in [-0.25, -0.2) is 16.8 Å². The third-order valence-corrected chi connectivity index (χ3v) is 7.57. The molecule has 3 aromatic carbocycles. The molecule has 18 nitrogen and oxygen atoms in total. The number of anilines is 4. The maximum absolute atomic E-state index is 13.4. The summed E-state index contributed by atoms with van der Waals surface area (Å²) in [6.45, 7) is 0. The van der Waals surface area contributed by atoms with Crippen molar-refractivity contribution in [2.75, 3.05) is 16.8 Å². The number of benzene rings is 3. The van der Waals surface area contributed by atoms with Crippen LogP contribution in [0.15, 0.2) is 89.7 Å². The number of rotatable bonds is 11. The molecule has 4 aromatic rings. The van der Waals surface area contributed by atoms with E-state index in [-0.39, 0.29) is 128 Å². The van der Waals surface area contributed by atoms with Crippen LogP contribution in [0.5, 0.6) is 0 Å². The van der Waals surface area contributed by atoms with Crippen molar-refractivity contribution in [3.63, 3.8) is 0 Å². The summed E-state index contributed by atoms with van der Waals surface area (Å²) in [4.78, 5) is 4.70. The van der Waals surface area contributed by atoms with E-state index in [1.807, 2.05) is 0 Å². The van der Waals surface area contributed by atoms with Crippen LogP contribution < -0.4 is 111 Å². The second kappa shape index (κ2) is 19.0. The second-order valence-corrected chi connectivity index (χ2v) is 11.7. The minimum absolute atomic E-state index is 0.